The molecule has 11 heteroatoms. The first-order chi connectivity index (χ1) is 20.2. The van der Waals surface area contributed by atoms with Gasteiger partial charge in [0.25, 0.3) is 0 Å². The van der Waals surface area contributed by atoms with Crippen LogP contribution in [0.15, 0.2) is 46.6 Å². The van der Waals surface area contributed by atoms with Crippen molar-refractivity contribution in [2.75, 3.05) is 12.4 Å². The van der Waals surface area contributed by atoms with Gasteiger partial charge in [-0.3, -0.25) is 14.4 Å². The first kappa shape index (κ1) is 31.2. The molecule has 1 aromatic heterocycles. The molecule has 0 spiro atoms. The molecule has 0 saturated heterocycles. The van der Waals surface area contributed by atoms with Crippen LogP contribution in [0.3, 0.4) is 0 Å². The lowest BCUT2D eigenvalue weighted by Gasteiger charge is -2.63. The number of halogens is 2. The Hall–Kier alpha value is -3.23. The van der Waals surface area contributed by atoms with Gasteiger partial charge in [-0.25, -0.2) is 13.6 Å². The normalized spacial score (nSPS) is 39.4. The molecular formula is C32H34F2O8S. The summed E-state index contributed by atoms with van der Waals surface area (Å²) >= 11 is 0.808. The molecule has 0 radical (unpaired) electrons. The Labute approximate surface area is 252 Å². The van der Waals surface area contributed by atoms with Crippen molar-refractivity contribution in [2.24, 2.45) is 28.6 Å². The van der Waals surface area contributed by atoms with Gasteiger partial charge in [0.1, 0.15) is 6.17 Å². The maximum absolute atomic E-state index is 17.6. The topological polar surface area (TPSA) is 120 Å². The highest BCUT2D eigenvalue weighted by Gasteiger charge is 2.78. The van der Waals surface area contributed by atoms with Crippen molar-refractivity contribution in [3.63, 3.8) is 0 Å². The van der Waals surface area contributed by atoms with E-state index in [1.54, 1.807) is 13.8 Å². The molecule has 0 aromatic carbocycles. The van der Waals surface area contributed by atoms with Crippen LogP contribution in [0.25, 0.3) is 0 Å². The van der Waals surface area contributed by atoms with Crippen LogP contribution >= 0.6 is 11.8 Å². The van der Waals surface area contributed by atoms with Gasteiger partial charge in [0.2, 0.25) is 10.9 Å². The quantitative estimate of drug-likeness (QED) is 0.375. The number of ether oxygens (including phenoxy) is 2. The molecule has 1 N–H and O–H groups in total. The van der Waals surface area contributed by atoms with Gasteiger partial charge in [-0.05, 0) is 62.0 Å². The number of carbonyl (C=O) groups excluding carboxylic acids is 4. The molecule has 4 aliphatic rings. The van der Waals surface area contributed by atoms with E-state index in [1.807, 2.05) is 0 Å². The standard InChI is InChI=1S/C32H34F2O8S/c1-18-14-21-22-16-24(33)23-15-20(36)9-10-29(23,3)31(22,34)26(37)17-30(21,4)32(18,42-27(38)25-8-7-12-41-25)28(39)43-13-6-5-11-40-19(2)35/h7-10,12,15,18,21-22,24,26,37H,11,13-14,16-17H2,1-4H3/t18-,21+,22+,24+,26+,29+,30+,31+,32+/m1/s1. The highest BCUT2D eigenvalue weighted by molar-refractivity contribution is 8.14. The van der Waals surface area contributed by atoms with E-state index in [0.29, 0.717) is 0 Å². The summed E-state index contributed by atoms with van der Waals surface area (Å²) < 4.78 is 49.6. The van der Waals surface area contributed by atoms with Crippen molar-refractivity contribution < 1.29 is 47.0 Å². The number of ketones is 1. The van der Waals surface area contributed by atoms with Crippen molar-refractivity contribution in [3.05, 3.63) is 48.0 Å². The van der Waals surface area contributed by atoms with E-state index in [2.05, 4.69) is 11.8 Å². The number of aliphatic hydroxyl groups excluding tert-OH is 1. The third-order valence-corrected chi connectivity index (χ3v) is 11.1. The zero-order valence-corrected chi connectivity index (χ0v) is 25.2. The molecule has 0 aliphatic heterocycles. The molecular weight excluding hydrogens is 582 g/mol. The second-order valence-corrected chi connectivity index (χ2v) is 13.3. The van der Waals surface area contributed by atoms with Crippen LogP contribution in [0.1, 0.15) is 57.5 Å². The van der Waals surface area contributed by atoms with Gasteiger partial charge >= 0.3 is 11.9 Å². The number of carbonyl (C=O) groups is 4. The predicted molar refractivity (Wildman–Crippen MR) is 152 cm³/mol. The number of thioether (sulfide) groups is 1. The molecule has 1 heterocycles. The van der Waals surface area contributed by atoms with Crippen LogP contribution < -0.4 is 0 Å². The van der Waals surface area contributed by atoms with E-state index in [-0.39, 0.29) is 43.0 Å². The Kier molecular flexibility index (Phi) is 8.01. The lowest BCUT2D eigenvalue weighted by Crippen LogP contribution is -2.70. The summed E-state index contributed by atoms with van der Waals surface area (Å²) in [5.74, 6) is 1.08. The van der Waals surface area contributed by atoms with Gasteiger partial charge < -0.3 is 19.0 Å². The van der Waals surface area contributed by atoms with Gasteiger partial charge in [0.15, 0.2) is 23.7 Å². The maximum Gasteiger partial charge on any atom is 0.375 e. The fourth-order valence-corrected chi connectivity index (χ4v) is 9.25. The lowest BCUT2D eigenvalue weighted by molar-refractivity contribution is -0.221. The van der Waals surface area contributed by atoms with E-state index in [1.165, 1.54) is 44.4 Å². The summed E-state index contributed by atoms with van der Waals surface area (Å²) in [6.45, 7) is 6.04. The SMILES string of the molecule is CC(=O)OCC#CCSC(=O)[C@@]1(OC(=O)c2ccco2)[C@H](C)C[C@H]2[C@@H]3C[C@H](F)C4=CC(=O)C=C[C@]4(C)[C@@]3(F)[C@@H](O)C[C@@]21C. The van der Waals surface area contributed by atoms with Crippen molar-refractivity contribution in [1.82, 2.24) is 0 Å². The minimum absolute atomic E-state index is 0.00178. The second kappa shape index (κ2) is 11.0. The molecule has 230 valence electrons. The molecule has 9 atom stereocenters. The molecule has 1 aromatic rings. The van der Waals surface area contributed by atoms with E-state index in [9.17, 15) is 24.3 Å². The minimum atomic E-state index is -2.35. The van der Waals surface area contributed by atoms with Crippen LogP contribution in [0.5, 0.6) is 0 Å². The number of esters is 2. The van der Waals surface area contributed by atoms with E-state index in [4.69, 9.17) is 13.9 Å². The van der Waals surface area contributed by atoms with Crippen molar-refractivity contribution in [1.29, 1.82) is 0 Å². The Morgan fingerprint density at radius 1 is 1.21 bits per heavy atom. The Morgan fingerprint density at radius 2 is 1.95 bits per heavy atom. The average Bonchev–Trinajstić information content (AvgIpc) is 3.55. The van der Waals surface area contributed by atoms with Crippen molar-refractivity contribution in [2.45, 2.75) is 70.5 Å². The van der Waals surface area contributed by atoms with Crippen LogP contribution in [0.4, 0.5) is 8.78 Å². The van der Waals surface area contributed by atoms with E-state index < -0.39 is 75.0 Å². The monoisotopic (exact) mass is 616 g/mol. The predicted octanol–water partition coefficient (Wildman–Crippen LogP) is 4.57. The van der Waals surface area contributed by atoms with E-state index in [0.717, 1.165) is 17.8 Å². The largest absolute Gasteiger partial charge is 0.457 e. The number of alkyl halides is 2. The number of aliphatic hydroxyl groups is 1. The van der Waals surface area contributed by atoms with Crippen LogP contribution in [-0.4, -0.2) is 63.8 Å². The van der Waals surface area contributed by atoms with E-state index >= 15 is 8.78 Å². The zero-order chi connectivity index (χ0) is 31.4. The Bertz CT molecular complexity index is 1460. The van der Waals surface area contributed by atoms with Gasteiger partial charge in [-0.15, -0.1) is 0 Å². The molecule has 8 nitrogen and oxygen atoms in total. The molecule has 3 fully saturated rings. The molecule has 0 bridgehead atoms. The van der Waals surface area contributed by atoms with Crippen molar-refractivity contribution in [3.8, 4) is 11.8 Å². The van der Waals surface area contributed by atoms with Gasteiger partial charge in [0, 0.05) is 29.6 Å². The van der Waals surface area contributed by atoms with Crippen LogP contribution in [0.2, 0.25) is 0 Å². The third kappa shape index (κ3) is 4.60. The fraction of sp³-hybridized carbons (Fsp3) is 0.562. The van der Waals surface area contributed by atoms with Gasteiger partial charge in [-0.1, -0.05) is 43.5 Å². The molecule has 5 rings (SSSR count). The first-order valence-corrected chi connectivity index (χ1v) is 15.2. The highest BCUT2D eigenvalue weighted by Crippen LogP contribution is 2.72. The molecule has 0 unspecified atom stereocenters. The summed E-state index contributed by atoms with van der Waals surface area (Å²) in [4.78, 5) is 50.7. The molecule has 43 heavy (non-hydrogen) atoms. The lowest BCUT2D eigenvalue weighted by atomic mass is 9.44. The zero-order valence-electron chi connectivity index (χ0n) is 24.4. The molecule has 0 amide bonds. The number of hydrogen-bond acceptors (Lipinski definition) is 9. The van der Waals surface area contributed by atoms with Crippen LogP contribution in [0, 0.1) is 40.4 Å². The Balaban J connectivity index is 1.55. The Morgan fingerprint density at radius 3 is 2.63 bits per heavy atom. The summed E-state index contributed by atoms with van der Waals surface area (Å²) in [7, 11) is 0. The number of furan rings is 1. The average molecular weight is 617 g/mol. The van der Waals surface area contributed by atoms with Gasteiger partial charge in [-0.2, -0.15) is 0 Å². The number of rotatable bonds is 5. The summed E-state index contributed by atoms with van der Waals surface area (Å²) in [5.41, 5.74) is -7.06. The van der Waals surface area contributed by atoms with Gasteiger partial charge in [0.05, 0.1) is 18.1 Å². The fourth-order valence-electron chi connectivity index (χ4n) is 8.26. The number of allylic oxidation sites excluding steroid dienone is 4. The minimum Gasteiger partial charge on any atom is -0.457 e. The summed E-state index contributed by atoms with van der Waals surface area (Å²) in [6.07, 6.45) is 1.32. The van der Waals surface area contributed by atoms with Crippen molar-refractivity contribution >= 4 is 34.6 Å². The third-order valence-electron chi connectivity index (χ3n) is 10.2. The first-order valence-electron chi connectivity index (χ1n) is 14.2. The number of hydrogen-bond donors (Lipinski definition) is 1. The summed E-state index contributed by atoms with van der Waals surface area (Å²) in [5, 5.41) is 11.1. The number of fused-ring (bicyclic) bond motifs is 5. The summed E-state index contributed by atoms with van der Waals surface area (Å²) in [6, 6.07) is 2.90. The maximum atomic E-state index is 17.6. The smallest absolute Gasteiger partial charge is 0.375 e. The van der Waals surface area contributed by atoms with Crippen LogP contribution in [-0.2, 0) is 23.9 Å². The highest BCUT2D eigenvalue weighted by atomic mass is 32.2. The second-order valence-electron chi connectivity index (χ2n) is 12.3. The molecule has 4 aliphatic carbocycles. The molecule has 3 saturated carbocycles.